The molecule has 0 bridgehead atoms. The number of nitrogens with one attached hydrogen (secondary N) is 1. The minimum Gasteiger partial charge on any atom is -0.462 e. The molecule has 3 N–H and O–H groups in total. The van der Waals surface area contributed by atoms with Crippen LogP contribution in [-0.4, -0.2) is 24.3 Å². The van der Waals surface area contributed by atoms with Crippen LogP contribution in [0.25, 0.3) is 11.1 Å². The Morgan fingerprint density at radius 3 is 2.16 bits per heavy atom. The molecule has 1 aliphatic carbocycles. The molecular weight excluding hydrogens is 402 g/mol. The topological polar surface area (TPSA) is 93.8 Å². The number of fused-ring (bicyclic) bond motifs is 3. The first kappa shape index (κ1) is 23.5. The highest BCUT2D eigenvalue weighted by atomic mass is 16.5. The van der Waals surface area contributed by atoms with Crippen LogP contribution in [0.5, 0.6) is 0 Å². The van der Waals surface area contributed by atoms with E-state index in [2.05, 4.69) is 17.5 Å². The fourth-order valence-electron chi connectivity index (χ4n) is 4.15. The quantitative estimate of drug-likeness (QED) is 0.215. The summed E-state index contributed by atoms with van der Waals surface area (Å²) in [5, 5.41) is 4.17. The smallest absolute Gasteiger partial charge is 0.338 e. The van der Waals surface area contributed by atoms with Gasteiger partial charge in [0.05, 0.1) is 17.9 Å². The van der Waals surface area contributed by atoms with Gasteiger partial charge in [0, 0.05) is 16.7 Å². The fourth-order valence-corrected chi connectivity index (χ4v) is 4.15. The van der Waals surface area contributed by atoms with Gasteiger partial charge in [-0.1, -0.05) is 94.7 Å². The summed E-state index contributed by atoms with van der Waals surface area (Å²) in [6.07, 6.45) is 11.0. The summed E-state index contributed by atoms with van der Waals surface area (Å²) in [6.45, 7) is 2.65. The molecule has 0 unspecified atom stereocenters. The minimum atomic E-state index is -0.736. The van der Waals surface area contributed by atoms with E-state index < -0.39 is 6.03 Å². The molecule has 6 heteroatoms. The van der Waals surface area contributed by atoms with E-state index in [0.717, 1.165) is 35.1 Å². The number of nitrogens with zero attached hydrogens (tertiary/aromatic N) is 1. The Kier molecular flexibility index (Phi) is 8.84. The molecule has 3 rings (SSSR count). The lowest BCUT2D eigenvalue weighted by atomic mass is 9.99. The van der Waals surface area contributed by atoms with Crippen LogP contribution in [0.4, 0.5) is 4.79 Å². The van der Waals surface area contributed by atoms with Crippen molar-refractivity contribution in [3.05, 3.63) is 59.2 Å². The Morgan fingerprint density at radius 2 is 1.47 bits per heavy atom. The molecule has 0 spiro atoms. The van der Waals surface area contributed by atoms with E-state index in [-0.39, 0.29) is 5.97 Å². The average molecular weight is 436 g/mol. The van der Waals surface area contributed by atoms with E-state index in [4.69, 9.17) is 10.5 Å². The number of hydrogen-bond acceptors (Lipinski definition) is 4. The van der Waals surface area contributed by atoms with Crippen LogP contribution in [-0.2, 0) is 4.74 Å². The maximum Gasteiger partial charge on any atom is 0.338 e. The van der Waals surface area contributed by atoms with Gasteiger partial charge in [-0.3, -0.25) is 0 Å². The van der Waals surface area contributed by atoms with E-state index in [1.54, 1.807) is 12.1 Å². The zero-order valence-corrected chi connectivity index (χ0v) is 18.9. The molecule has 0 aliphatic heterocycles. The molecule has 2 amide bonds. The molecule has 0 saturated heterocycles. The number of carbonyl (C=O) groups is 2. The van der Waals surface area contributed by atoms with Crippen molar-refractivity contribution in [1.29, 1.82) is 0 Å². The zero-order valence-electron chi connectivity index (χ0n) is 18.9. The molecule has 1 aliphatic rings. The van der Waals surface area contributed by atoms with Gasteiger partial charge in [-0.2, -0.15) is 5.10 Å². The molecule has 0 heterocycles. The first-order valence-corrected chi connectivity index (χ1v) is 11.7. The largest absolute Gasteiger partial charge is 0.462 e. The van der Waals surface area contributed by atoms with Crippen molar-refractivity contribution in [1.82, 2.24) is 5.43 Å². The van der Waals surface area contributed by atoms with Gasteiger partial charge in [-0.25, -0.2) is 15.0 Å². The fraction of sp³-hybridized carbons (Fsp3) is 0.423. The molecule has 2 aromatic carbocycles. The number of hydrogen-bond donors (Lipinski definition) is 2. The highest BCUT2D eigenvalue weighted by Gasteiger charge is 2.29. The predicted octanol–water partition coefficient (Wildman–Crippen LogP) is 5.78. The first-order valence-electron chi connectivity index (χ1n) is 11.7. The highest BCUT2D eigenvalue weighted by Crippen LogP contribution is 2.39. The molecule has 0 atom stereocenters. The van der Waals surface area contributed by atoms with Crippen molar-refractivity contribution in [3.8, 4) is 11.1 Å². The van der Waals surface area contributed by atoms with Crippen LogP contribution in [0.1, 0.15) is 86.2 Å². The highest BCUT2D eigenvalue weighted by molar-refractivity contribution is 6.26. The van der Waals surface area contributed by atoms with Crippen molar-refractivity contribution in [2.45, 2.75) is 64.7 Å². The second-order valence-electron chi connectivity index (χ2n) is 8.17. The van der Waals surface area contributed by atoms with Gasteiger partial charge in [0.15, 0.2) is 0 Å². The summed E-state index contributed by atoms with van der Waals surface area (Å²) >= 11 is 0. The van der Waals surface area contributed by atoms with E-state index >= 15 is 0 Å². The standard InChI is InChI=1S/C26H33N3O3/c1-2-3-4-5-6-7-8-9-12-18-32-25(30)22-17-13-16-21-23(22)19-14-10-11-15-20(19)24(21)28-29-26(27)31/h10-11,13-17H,2-9,12,18H2,1H3,(H3,27,29,31)/b28-24+. The molecule has 0 aromatic heterocycles. The maximum atomic E-state index is 12.9. The average Bonchev–Trinajstić information content (AvgIpc) is 3.12. The molecule has 0 saturated carbocycles. The van der Waals surface area contributed by atoms with Crippen LogP contribution in [0.3, 0.4) is 0 Å². The number of unbranched alkanes of at least 4 members (excludes halogenated alkanes) is 8. The third kappa shape index (κ3) is 5.96. The predicted molar refractivity (Wildman–Crippen MR) is 128 cm³/mol. The Morgan fingerprint density at radius 1 is 0.844 bits per heavy atom. The van der Waals surface area contributed by atoms with E-state index in [0.29, 0.717) is 17.9 Å². The van der Waals surface area contributed by atoms with Gasteiger partial charge in [-0.15, -0.1) is 0 Å². The Labute approximate surface area is 190 Å². The molecule has 32 heavy (non-hydrogen) atoms. The summed E-state index contributed by atoms with van der Waals surface area (Å²) in [5.41, 5.74) is 11.9. The Bertz CT molecular complexity index is 969. The number of carbonyl (C=O) groups excluding carboxylic acids is 2. The van der Waals surface area contributed by atoms with Crippen molar-refractivity contribution < 1.29 is 14.3 Å². The van der Waals surface area contributed by atoms with Crippen molar-refractivity contribution >= 4 is 17.7 Å². The monoisotopic (exact) mass is 435 g/mol. The number of amides is 2. The summed E-state index contributed by atoms with van der Waals surface area (Å²) < 4.78 is 5.59. The number of urea groups is 1. The number of nitrogens with two attached hydrogens (primary N) is 1. The maximum absolute atomic E-state index is 12.9. The third-order valence-corrected chi connectivity index (χ3v) is 5.75. The molecule has 6 nitrogen and oxygen atoms in total. The molecule has 2 aromatic rings. The second-order valence-corrected chi connectivity index (χ2v) is 8.17. The number of benzene rings is 2. The zero-order chi connectivity index (χ0) is 22.8. The van der Waals surface area contributed by atoms with Crippen LogP contribution in [0.15, 0.2) is 47.6 Å². The van der Waals surface area contributed by atoms with Gasteiger partial charge in [0.2, 0.25) is 0 Å². The minimum absolute atomic E-state index is 0.333. The number of hydrazone groups is 1. The summed E-state index contributed by atoms with van der Waals surface area (Å²) in [4.78, 5) is 24.0. The van der Waals surface area contributed by atoms with Crippen LogP contribution >= 0.6 is 0 Å². The SMILES string of the molecule is CCCCCCCCCCCOC(=O)c1cccc2c1-c1ccccc1/C2=N\NC(N)=O. The third-order valence-electron chi connectivity index (χ3n) is 5.75. The normalized spacial score (nSPS) is 13.0. The van der Waals surface area contributed by atoms with Crippen LogP contribution in [0, 0.1) is 0 Å². The summed E-state index contributed by atoms with van der Waals surface area (Å²) in [6, 6.07) is 12.4. The Balaban J connectivity index is 1.59. The molecule has 170 valence electrons. The van der Waals surface area contributed by atoms with Crippen LogP contribution < -0.4 is 11.2 Å². The number of esters is 1. The summed E-state index contributed by atoms with van der Waals surface area (Å²) in [7, 11) is 0. The lowest BCUT2D eigenvalue weighted by Crippen LogP contribution is -2.25. The lowest BCUT2D eigenvalue weighted by Gasteiger charge is -2.10. The number of rotatable bonds is 12. The van der Waals surface area contributed by atoms with Gasteiger partial charge in [0.25, 0.3) is 0 Å². The lowest BCUT2D eigenvalue weighted by molar-refractivity contribution is 0.0498. The second kappa shape index (κ2) is 12.0. The number of primary amides is 1. The van der Waals surface area contributed by atoms with Gasteiger partial charge in [0.1, 0.15) is 0 Å². The van der Waals surface area contributed by atoms with Gasteiger partial charge in [-0.05, 0) is 18.1 Å². The molecule has 0 radical (unpaired) electrons. The Hall–Kier alpha value is -3.15. The van der Waals surface area contributed by atoms with Crippen LogP contribution in [0.2, 0.25) is 0 Å². The van der Waals surface area contributed by atoms with E-state index in [9.17, 15) is 9.59 Å². The van der Waals surface area contributed by atoms with E-state index in [1.165, 1.54) is 44.9 Å². The number of ether oxygens (including phenoxy) is 1. The van der Waals surface area contributed by atoms with Crippen molar-refractivity contribution in [2.75, 3.05) is 6.61 Å². The van der Waals surface area contributed by atoms with E-state index in [1.807, 2.05) is 30.3 Å². The summed E-state index contributed by atoms with van der Waals surface area (Å²) in [5.74, 6) is -0.333. The van der Waals surface area contributed by atoms with Crippen molar-refractivity contribution in [2.24, 2.45) is 10.8 Å². The molecular formula is C26H33N3O3. The first-order chi connectivity index (χ1) is 15.6. The molecule has 0 fully saturated rings. The van der Waals surface area contributed by atoms with Gasteiger partial charge >= 0.3 is 12.0 Å². The van der Waals surface area contributed by atoms with Crippen molar-refractivity contribution in [3.63, 3.8) is 0 Å². The van der Waals surface area contributed by atoms with Gasteiger partial charge < -0.3 is 10.5 Å².